The van der Waals surface area contributed by atoms with Crippen LogP contribution >= 0.6 is 0 Å². The monoisotopic (exact) mass is 314 g/mol. The third kappa shape index (κ3) is 2.78. The fourth-order valence-electron chi connectivity index (χ4n) is 3.16. The highest BCUT2D eigenvalue weighted by Gasteiger charge is 2.32. The van der Waals surface area contributed by atoms with Crippen molar-refractivity contribution in [2.45, 2.75) is 29.9 Å². The van der Waals surface area contributed by atoms with Crippen LogP contribution in [0.15, 0.2) is 60.0 Å². The zero-order valence-corrected chi connectivity index (χ0v) is 13.4. The van der Waals surface area contributed by atoms with E-state index in [9.17, 15) is 8.60 Å². The van der Waals surface area contributed by atoms with Crippen molar-refractivity contribution in [3.05, 3.63) is 77.6 Å². The second kappa shape index (κ2) is 6.17. The van der Waals surface area contributed by atoms with E-state index in [2.05, 4.69) is 31.7 Å². The summed E-state index contributed by atoms with van der Waals surface area (Å²) in [6, 6.07) is 12.3. The highest BCUT2D eigenvalue weighted by molar-refractivity contribution is 7.85. The van der Waals surface area contributed by atoms with Crippen molar-refractivity contribution in [3.8, 4) is 0 Å². The Morgan fingerprint density at radius 3 is 2.64 bits per heavy atom. The van der Waals surface area contributed by atoms with Crippen LogP contribution in [0.4, 0.5) is 4.39 Å². The van der Waals surface area contributed by atoms with Gasteiger partial charge in [0.1, 0.15) is 5.82 Å². The van der Waals surface area contributed by atoms with E-state index in [1.807, 2.05) is 6.08 Å². The number of hydrogen-bond donors (Lipinski definition) is 0. The third-order valence-corrected chi connectivity index (χ3v) is 6.12. The van der Waals surface area contributed by atoms with E-state index in [1.165, 1.54) is 23.3 Å². The summed E-state index contributed by atoms with van der Waals surface area (Å²) in [4.78, 5) is 0.673. The standard InChI is InChI=1S/C19H19FOS/c1-3-14-5-6-15-12-13(2)4-11-18(15)19(14)22(21)17-9-7-16(20)8-10-17/h3-4,7-12,14,19H,1,5-6H2,2H3. The Hall–Kier alpha value is -1.74. The summed E-state index contributed by atoms with van der Waals surface area (Å²) in [5.41, 5.74) is 3.64. The Labute approximate surface area is 133 Å². The molecular weight excluding hydrogens is 295 g/mol. The lowest BCUT2D eigenvalue weighted by atomic mass is 9.83. The summed E-state index contributed by atoms with van der Waals surface area (Å²) in [5.74, 6) is -0.123. The van der Waals surface area contributed by atoms with Gasteiger partial charge in [-0.3, -0.25) is 4.21 Å². The minimum Gasteiger partial charge on any atom is -0.254 e. The number of halogens is 1. The van der Waals surface area contributed by atoms with Gasteiger partial charge < -0.3 is 0 Å². The molecule has 0 saturated heterocycles. The Morgan fingerprint density at radius 1 is 1.23 bits per heavy atom. The van der Waals surface area contributed by atoms with Crippen LogP contribution in [0.1, 0.15) is 28.4 Å². The maximum atomic E-state index is 13.1. The molecule has 0 bridgehead atoms. The molecule has 0 aliphatic heterocycles. The zero-order valence-electron chi connectivity index (χ0n) is 12.6. The number of hydrogen-bond acceptors (Lipinski definition) is 1. The number of rotatable bonds is 3. The Kier molecular flexibility index (Phi) is 4.25. The van der Waals surface area contributed by atoms with Gasteiger partial charge in [0.25, 0.3) is 0 Å². The summed E-state index contributed by atoms with van der Waals surface area (Å²) in [6.07, 6.45) is 3.86. The molecule has 0 aromatic heterocycles. The van der Waals surface area contributed by atoms with Crippen LogP contribution in [0, 0.1) is 18.7 Å². The molecule has 3 rings (SSSR count). The van der Waals surface area contributed by atoms with Crippen molar-refractivity contribution in [3.63, 3.8) is 0 Å². The van der Waals surface area contributed by atoms with E-state index in [4.69, 9.17) is 0 Å². The van der Waals surface area contributed by atoms with E-state index in [1.54, 1.807) is 12.1 Å². The molecule has 0 radical (unpaired) electrons. The summed E-state index contributed by atoms with van der Waals surface area (Å²) < 4.78 is 26.2. The minimum absolute atomic E-state index is 0.104. The summed E-state index contributed by atoms with van der Waals surface area (Å²) in [5, 5.41) is -0.104. The molecule has 0 spiro atoms. The predicted molar refractivity (Wildman–Crippen MR) is 88.7 cm³/mol. The van der Waals surface area contributed by atoms with Crippen LogP contribution < -0.4 is 0 Å². The van der Waals surface area contributed by atoms with E-state index < -0.39 is 10.8 Å². The lowest BCUT2D eigenvalue weighted by Gasteiger charge is -2.31. The lowest BCUT2D eigenvalue weighted by Crippen LogP contribution is -2.23. The van der Waals surface area contributed by atoms with E-state index >= 15 is 0 Å². The van der Waals surface area contributed by atoms with E-state index in [0.29, 0.717) is 4.90 Å². The topological polar surface area (TPSA) is 17.1 Å². The smallest absolute Gasteiger partial charge is 0.123 e. The van der Waals surface area contributed by atoms with Gasteiger partial charge in [0, 0.05) is 4.90 Å². The Bertz CT molecular complexity index is 721. The van der Waals surface area contributed by atoms with E-state index in [0.717, 1.165) is 18.4 Å². The predicted octanol–water partition coefficient (Wildman–Crippen LogP) is 4.73. The molecule has 1 aliphatic carbocycles. The lowest BCUT2D eigenvalue weighted by molar-refractivity contribution is 0.528. The molecule has 114 valence electrons. The molecule has 0 saturated carbocycles. The zero-order chi connectivity index (χ0) is 15.7. The Balaban J connectivity index is 2.04. The van der Waals surface area contributed by atoms with E-state index in [-0.39, 0.29) is 17.0 Å². The van der Waals surface area contributed by atoms with Crippen molar-refractivity contribution in [1.29, 1.82) is 0 Å². The molecule has 0 fully saturated rings. The number of allylic oxidation sites excluding steroid dienone is 1. The van der Waals surface area contributed by atoms with Gasteiger partial charge in [-0.15, -0.1) is 6.58 Å². The van der Waals surface area contributed by atoms with Gasteiger partial charge in [0.05, 0.1) is 16.0 Å². The summed E-state index contributed by atoms with van der Waals surface area (Å²) in [7, 11) is -1.21. The highest BCUT2D eigenvalue weighted by Crippen LogP contribution is 2.41. The van der Waals surface area contributed by atoms with Gasteiger partial charge in [-0.05, 0) is 61.1 Å². The van der Waals surface area contributed by atoms with Gasteiger partial charge in [-0.25, -0.2) is 4.39 Å². The normalized spacial score (nSPS) is 21.9. The fourth-order valence-corrected chi connectivity index (χ4v) is 4.89. The quantitative estimate of drug-likeness (QED) is 0.748. The molecule has 22 heavy (non-hydrogen) atoms. The first kappa shape index (κ1) is 15.2. The molecule has 2 aromatic rings. The second-order valence-corrected chi connectivity index (χ2v) is 7.39. The van der Waals surface area contributed by atoms with Crippen molar-refractivity contribution in [2.24, 2.45) is 5.92 Å². The van der Waals surface area contributed by atoms with Crippen LogP contribution in [0.25, 0.3) is 0 Å². The maximum absolute atomic E-state index is 13.1. The van der Waals surface area contributed by atoms with Gasteiger partial charge >= 0.3 is 0 Å². The molecule has 2 aromatic carbocycles. The van der Waals surface area contributed by atoms with Gasteiger partial charge in [-0.2, -0.15) is 0 Å². The molecule has 1 nitrogen and oxygen atoms in total. The summed E-state index contributed by atoms with van der Waals surface area (Å²) in [6.45, 7) is 6.00. The van der Waals surface area contributed by atoms with Crippen molar-refractivity contribution in [2.75, 3.05) is 0 Å². The molecule has 3 heteroatoms. The average Bonchev–Trinajstić information content (AvgIpc) is 2.53. The van der Waals surface area contributed by atoms with Crippen LogP contribution in [-0.2, 0) is 17.2 Å². The van der Waals surface area contributed by atoms with Crippen molar-refractivity contribution >= 4 is 10.8 Å². The van der Waals surface area contributed by atoms with Gasteiger partial charge in [0.15, 0.2) is 0 Å². The van der Waals surface area contributed by atoms with Crippen LogP contribution in [0.3, 0.4) is 0 Å². The number of benzene rings is 2. The van der Waals surface area contributed by atoms with Crippen molar-refractivity contribution in [1.82, 2.24) is 0 Å². The first-order valence-corrected chi connectivity index (χ1v) is 8.69. The van der Waals surface area contributed by atoms with Gasteiger partial charge in [0.2, 0.25) is 0 Å². The highest BCUT2D eigenvalue weighted by atomic mass is 32.2. The molecule has 1 aliphatic rings. The summed E-state index contributed by atoms with van der Waals surface area (Å²) >= 11 is 0. The van der Waals surface area contributed by atoms with Crippen LogP contribution in [-0.4, -0.2) is 4.21 Å². The number of fused-ring (bicyclic) bond motifs is 1. The SMILES string of the molecule is C=CC1CCc2cc(C)ccc2C1S(=O)c1ccc(F)cc1. The largest absolute Gasteiger partial charge is 0.254 e. The second-order valence-electron chi connectivity index (χ2n) is 5.81. The Morgan fingerprint density at radius 2 is 1.95 bits per heavy atom. The maximum Gasteiger partial charge on any atom is 0.123 e. The van der Waals surface area contributed by atoms with Gasteiger partial charge in [-0.1, -0.05) is 29.8 Å². The molecular formula is C19H19FOS. The van der Waals surface area contributed by atoms with Crippen LogP contribution in [0.5, 0.6) is 0 Å². The molecule has 0 N–H and O–H groups in total. The third-order valence-electron chi connectivity index (χ3n) is 4.32. The fraction of sp³-hybridized carbons (Fsp3) is 0.263. The van der Waals surface area contributed by atoms with Crippen LogP contribution in [0.2, 0.25) is 0 Å². The molecule has 0 heterocycles. The molecule has 3 unspecified atom stereocenters. The number of aryl methyl sites for hydroxylation is 2. The minimum atomic E-state index is -1.21. The first-order valence-electron chi connectivity index (χ1n) is 7.48. The molecule has 3 atom stereocenters. The molecule has 0 amide bonds. The first-order chi connectivity index (χ1) is 10.6. The average molecular weight is 314 g/mol. The van der Waals surface area contributed by atoms with Crippen molar-refractivity contribution < 1.29 is 8.60 Å².